The van der Waals surface area contributed by atoms with Gasteiger partial charge in [0.1, 0.15) is 0 Å². The number of benzene rings is 1. The van der Waals surface area contributed by atoms with Crippen molar-refractivity contribution in [3.63, 3.8) is 0 Å². The Kier molecular flexibility index (Phi) is 8.88. The minimum atomic E-state index is -0.123. The van der Waals surface area contributed by atoms with Crippen LogP contribution in [-0.2, 0) is 4.74 Å². The molecule has 1 heterocycles. The molecule has 6 nitrogen and oxygen atoms in total. The minimum absolute atomic E-state index is 0.0278. The average Bonchev–Trinajstić information content (AvgIpc) is 2.65. The van der Waals surface area contributed by atoms with E-state index >= 15 is 0 Å². The van der Waals surface area contributed by atoms with Gasteiger partial charge in [0.25, 0.3) is 5.91 Å². The van der Waals surface area contributed by atoms with E-state index in [4.69, 9.17) is 14.2 Å². The summed E-state index contributed by atoms with van der Waals surface area (Å²) in [5, 5.41) is 2.99. The van der Waals surface area contributed by atoms with E-state index in [9.17, 15) is 4.79 Å². The van der Waals surface area contributed by atoms with E-state index in [1.165, 1.54) is 0 Å². The van der Waals surface area contributed by atoms with E-state index in [-0.39, 0.29) is 12.0 Å². The first-order chi connectivity index (χ1) is 13.0. The fourth-order valence-electron chi connectivity index (χ4n) is 3.14. The first-order valence-corrected chi connectivity index (χ1v) is 10.0. The second kappa shape index (κ2) is 11.1. The van der Waals surface area contributed by atoms with Gasteiger partial charge in [0.15, 0.2) is 11.5 Å². The van der Waals surface area contributed by atoms with E-state index in [1.807, 2.05) is 6.92 Å². The van der Waals surface area contributed by atoms with Crippen LogP contribution in [0.4, 0.5) is 0 Å². The molecule has 0 saturated carbocycles. The maximum atomic E-state index is 12.6. The monoisotopic (exact) mass is 378 g/mol. The van der Waals surface area contributed by atoms with Crippen LogP contribution in [0.5, 0.6) is 11.5 Å². The van der Waals surface area contributed by atoms with Crippen molar-refractivity contribution in [2.75, 3.05) is 46.0 Å². The second-order valence-corrected chi connectivity index (χ2v) is 7.30. The number of amides is 1. The molecule has 0 spiro atoms. The van der Waals surface area contributed by atoms with Crippen molar-refractivity contribution in [1.29, 1.82) is 0 Å². The molecule has 1 aromatic carbocycles. The van der Waals surface area contributed by atoms with Crippen LogP contribution >= 0.6 is 0 Å². The maximum absolute atomic E-state index is 12.6. The Morgan fingerprint density at radius 1 is 1.30 bits per heavy atom. The summed E-state index contributed by atoms with van der Waals surface area (Å²) in [4.78, 5) is 15.0. The molecule has 0 radical (unpaired) electrons. The SMILES string of the molecule is CCCOc1ccc(C(=O)NC[C@H]2CN(CC(C)C)CCO2)cc1OCC. The summed E-state index contributed by atoms with van der Waals surface area (Å²) in [6.45, 7) is 13.6. The Bertz CT molecular complexity index is 592. The number of carbonyl (C=O) groups excluding carboxylic acids is 1. The fourth-order valence-corrected chi connectivity index (χ4v) is 3.14. The molecule has 0 unspecified atom stereocenters. The van der Waals surface area contributed by atoms with Gasteiger partial charge < -0.3 is 19.5 Å². The highest BCUT2D eigenvalue weighted by atomic mass is 16.5. The summed E-state index contributed by atoms with van der Waals surface area (Å²) in [6.07, 6.45) is 0.947. The van der Waals surface area contributed by atoms with Crippen molar-refractivity contribution < 1.29 is 19.0 Å². The Labute approximate surface area is 163 Å². The summed E-state index contributed by atoms with van der Waals surface area (Å²) >= 11 is 0. The Morgan fingerprint density at radius 3 is 2.81 bits per heavy atom. The van der Waals surface area contributed by atoms with Gasteiger partial charge in [-0.2, -0.15) is 0 Å². The van der Waals surface area contributed by atoms with Crippen molar-refractivity contribution in [2.45, 2.75) is 40.2 Å². The van der Waals surface area contributed by atoms with Gasteiger partial charge in [-0.25, -0.2) is 0 Å². The van der Waals surface area contributed by atoms with Crippen LogP contribution in [0.2, 0.25) is 0 Å². The van der Waals surface area contributed by atoms with Crippen LogP contribution in [0, 0.1) is 5.92 Å². The standard InChI is InChI=1S/C21H34N2O4/c1-5-10-27-19-8-7-17(12-20(19)25-6-2)21(24)22-13-18-15-23(9-11-26-18)14-16(3)4/h7-8,12,16,18H,5-6,9-11,13-15H2,1-4H3,(H,22,24)/t18-/m0/s1. The number of carbonyl (C=O) groups is 1. The molecule has 152 valence electrons. The zero-order valence-corrected chi connectivity index (χ0v) is 17.1. The van der Waals surface area contributed by atoms with Crippen molar-refractivity contribution in [3.8, 4) is 11.5 Å². The van der Waals surface area contributed by atoms with Crippen molar-refractivity contribution >= 4 is 5.91 Å². The lowest BCUT2D eigenvalue weighted by atomic mass is 10.1. The number of nitrogens with zero attached hydrogens (tertiary/aromatic N) is 1. The number of hydrogen-bond acceptors (Lipinski definition) is 5. The number of hydrogen-bond donors (Lipinski definition) is 1. The molecule has 1 aliphatic heterocycles. The van der Waals surface area contributed by atoms with E-state index in [2.05, 4.69) is 31.0 Å². The highest BCUT2D eigenvalue weighted by Gasteiger charge is 2.22. The molecule has 2 rings (SSSR count). The predicted octanol–water partition coefficient (Wildman–Crippen LogP) is 2.96. The van der Waals surface area contributed by atoms with Gasteiger partial charge in [-0.05, 0) is 37.5 Å². The van der Waals surface area contributed by atoms with Crippen LogP contribution in [0.15, 0.2) is 18.2 Å². The molecule has 27 heavy (non-hydrogen) atoms. The lowest BCUT2D eigenvalue weighted by Crippen LogP contribution is -2.48. The maximum Gasteiger partial charge on any atom is 0.251 e. The Morgan fingerprint density at radius 2 is 2.11 bits per heavy atom. The third-order valence-electron chi connectivity index (χ3n) is 4.30. The van der Waals surface area contributed by atoms with E-state index in [1.54, 1.807) is 18.2 Å². The molecule has 1 amide bonds. The normalized spacial score (nSPS) is 17.7. The van der Waals surface area contributed by atoms with Gasteiger partial charge in [-0.3, -0.25) is 9.69 Å². The van der Waals surface area contributed by atoms with Crippen LogP contribution in [0.25, 0.3) is 0 Å². The average molecular weight is 379 g/mol. The number of nitrogens with one attached hydrogen (secondary N) is 1. The quantitative estimate of drug-likeness (QED) is 0.678. The number of rotatable bonds is 10. The van der Waals surface area contributed by atoms with Gasteiger partial charge in [0, 0.05) is 31.7 Å². The lowest BCUT2D eigenvalue weighted by Gasteiger charge is -2.33. The van der Waals surface area contributed by atoms with E-state index in [0.29, 0.717) is 49.3 Å². The summed E-state index contributed by atoms with van der Waals surface area (Å²) in [7, 11) is 0. The molecule has 0 bridgehead atoms. The molecule has 6 heteroatoms. The lowest BCUT2D eigenvalue weighted by molar-refractivity contribution is -0.0295. The zero-order valence-electron chi connectivity index (χ0n) is 17.1. The van der Waals surface area contributed by atoms with Crippen LogP contribution in [-0.4, -0.2) is 62.9 Å². The summed E-state index contributed by atoms with van der Waals surface area (Å²) in [6, 6.07) is 5.32. The van der Waals surface area contributed by atoms with Gasteiger partial charge in [0.05, 0.1) is 25.9 Å². The summed E-state index contributed by atoms with van der Waals surface area (Å²) < 4.78 is 17.1. The van der Waals surface area contributed by atoms with E-state index < -0.39 is 0 Å². The molecule has 1 aromatic rings. The third-order valence-corrected chi connectivity index (χ3v) is 4.30. The largest absolute Gasteiger partial charge is 0.490 e. The van der Waals surface area contributed by atoms with Gasteiger partial charge in [-0.1, -0.05) is 20.8 Å². The van der Waals surface area contributed by atoms with Crippen molar-refractivity contribution in [2.24, 2.45) is 5.92 Å². The predicted molar refractivity (Wildman–Crippen MR) is 107 cm³/mol. The molecular weight excluding hydrogens is 344 g/mol. The molecule has 1 fully saturated rings. The molecular formula is C21H34N2O4. The summed E-state index contributed by atoms with van der Waals surface area (Å²) in [5.74, 6) is 1.79. The summed E-state index contributed by atoms with van der Waals surface area (Å²) in [5.41, 5.74) is 0.567. The highest BCUT2D eigenvalue weighted by molar-refractivity contribution is 5.94. The van der Waals surface area contributed by atoms with Crippen LogP contribution in [0.1, 0.15) is 44.5 Å². The van der Waals surface area contributed by atoms with Crippen molar-refractivity contribution in [1.82, 2.24) is 10.2 Å². The Hall–Kier alpha value is -1.79. The first-order valence-electron chi connectivity index (χ1n) is 10.0. The van der Waals surface area contributed by atoms with Crippen LogP contribution in [0.3, 0.4) is 0 Å². The first kappa shape index (κ1) is 21.5. The molecule has 0 aliphatic carbocycles. The Balaban J connectivity index is 1.92. The molecule has 1 N–H and O–H groups in total. The molecule has 1 saturated heterocycles. The smallest absolute Gasteiger partial charge is 0.251 e. The van der Waals surface area contributed by atoms with Gasteiger partial charge in [-0.15, -0.1) is 0 Å². The molecule has 1 aliphatic rings. The third kappa shape index (κ3) is 7.03. The topological polar surface area (TPSA) is 60.0 Å². The molecule has 0 aromatic heterocycles. The van der Waals surface area contributed by atoms with Gasteiger partial charge in [0.2, 0.25) is 0 Å². The second-order valence-electron chi connectivity index (χ2n) is 7.30. The van der Waals surface area contributed by atoms with Gasteiger partial charge >= 0.3 is 0 Å². The number of morpholine rings is 1. The molecule has 1 atom stereocenters. The zero-order chi connectivity index (χ0) is 19.6. The van der Waals surface area contributed by atoms with Crippen molar-refractivity contribution in [3.05, 3.63) is 23.8 Å². The number of ether oxygens (including phenoxy) is 3. The fraction of sp³-hybridized carbons (Fsp3) is 0.667. The highest BCUT2D eigenvalue weighted by Crippen LogP contribution is 2.28. The van der Waals surface area contributed by atoms with E-state index in [0.717, 1.165) is 26.1 Å². The van der Waals surface area contributed by atoms with Crippen LogP contribution < -0.4 is 14.8 Å². The minimum Gasteiger partial charge on any atom is -0.490 e.